The highest BCUT2D eigenvalue weighted by Crippen LogP contribution is 2.44. The van der Waals surface area contributed by atoms with Crippen molar-refractivity contribution in [3.8, 4) is 28.4 Å². The van der Waals surface area contributed by atoms with Crippen LogP contribution in [-0.4, -0.2) is 23.3 Å². The number of para-hydroxylation sites is 1. The number of hydrogen-bond donors (Lipinski definition) is 0. The molecule has 6 heteroatoms. The lowest BCUT2D eigenvalue weighted by Crippen LogP contribution is -2.23. The van der Waals surface area contributed by atoms with Gasteiger partial charge < -0.3 is 14.5 Å². The smallest absolute Gasteiger partial charge is 0.192 e. The molecule has 1 aliphatic rings. The largest absolute Gasteiger partial charge is 0.459 e. The van der Waals surface area contributed by atoms with E-state index in [-0.39, 0.29) is 5.41 Å². The molecule has 7 aromatic rings. The van der Waals surface area contributed by atoms with E-state index in [0.717, 1.165) is 44.7 Å². The molecule has 5 aromatic carbocycles. The number of aromatic nitrogens is 2. The van der Waals surface area contributed by atoms with Crippen molar-refractivity contribution in [2.75, 3.05) is 23.5 Å². The second kappa shape index (κ2) is 11.3. The maximum absolute atomic E-state index is 7.88. The van der Waals surface area contributed by atoms with Crippen molar-refractivity contribution in [3.63, 3.8) is 0 Å². The van der Waals surface area contributed by atoms with Crippen molar-refractivity contribution in [1.82, 2.24) is 9.55 Å². The fourth-order valence-corrected chi connectivity index (χ4v) is 6.70. The molecule has 3 heterocycles. The summed E-state index contributed by atoms with van der Waals surface area (Å²) < 4.78 is 8.79. The van der Waals surface area contributed by atoms with Crippen LogP contribution < -0.4 is 14.5 Å². The quantitative estimate of drug-likeness (QED) is 0.178. The third kappa shape index (κ3) is 5.10. The zero-order valence-corrected chi connectivity index (χ0v) is 27.5. The van der Waals surface area contributed by atoms with E-state index in [1.165, 1.54) is 16.7 Å². The van der Waals surface area contributed by atoms with E-state index in [1.54, 1.807) is 0 Å². The van der Waals surface area contributed by atoms with Gasteiger partial charge >= 0.3 is 0 Å². The second-order valence-electron chi connectivity index (χ2n) is 13.4. The van der Waals surface area contributed by atoms with E-state index in [1.807, 2.05) is 36.5 Å². The molecule has 0 amide bonds. The molecule has 0 spiro atoms. The van der Waals surface area contributed by atoms with E-state index in [9.17, 15) is 0 Å². The first kappa shape index (κ1) is 29.3. The highest BCUT2D eigenvalue weighted by atomic mass is 16.5. The van der Waals surface area contributed by atoms with Crippen LogP contribution in [0.2, 0.25) is 0 Å². The average Bonchev–Trinajstić information content (AvgIpc) is 3.62. The normalized spacial score (nSPS) is 12.8. The highest BCUT2D eigenvalue weighted by Gasteiger charge is 2.26. The van der Waals surface area contributed by atoms with Gasteiger partial charge in [-0.05, 0) is 76.7 Å². The van der Waals surface area contributed by atoms with Crippen LogP contribution in [0.3, 0.4) is 0 Å². The number of nitrogens with zero attached hydrogens (tertiary/aromatic N) is 5. The van der Waals surface area contributed by atoms with Crippen molar-refractivity contribution >= 4 is 44.6 Å². The summed E-state index contributed by atoms with van der Waals surface area (Å²) in [4.78, 5) is 13.1. The maximum Gasteiger partial charge on any atom is 0.192 e. The van der Waals surface area contributed by atoms with Crippen molar-refractivity contribution in [1.29, 1.82) is 0 Å². The molecule has 1 aliphatic heterocycles. The maximum atomic E-state index is 7.88. The molecule has 234 valence electrons. The standard InChI is InChI=1S/C42H35N5O/c1-42(2,3)30-19-20-44-41(22-30)47-37-14-10-9-13-35(37)36-17-16-33(26-39(36)47)48-34-24-31(43-4)23-32(25-34)46-27-45(5)40-21-29(15-18-38(40)46)28-11-7-6-8-12-28/h6-26H,27H2,1-3,5H3. The molecular formula is C42H35N5O. The molecule has 0 bridgehead atoms. The fraction of sp³-hybridized carbons (Fsp3) is 0.143. The van der Waals surface area contributed by atoms with Crippen LogP contribution in [-0.2, 0) is 5.41 Å². The third-order valence-corrected chi connectivity index (χ3v) is 9.18. The number of hydrogen-bond acceptors (Lipinski definition) is 4. The third-order valence-electron chi connectivity index (χ3n) is 9.18. The summed E-state index contributed by atoms with van der Waals surface area (Å²) in [6.07, 6.45) is 1.89. The number of ether oxygens (including phenoxy) is 1. The Balaban J connectivity index is 1.18. The van der Waals surface area contributed by atoms with Gasteiger partial charge in [0.05, 0.1) is 35.6 Å². The van der Waals surface area contributed by atoms with E-state index in [0.29, 0.717) is 23.9 Å². The molecule has 0 unspecified atom stereocenters. The summed E-state index contributed by atoms with van der Waals surface area (Å²) in [6, 6.07) is 41.7. The molecule has 48 heavy (non-hydrogen) atoms. The predicted octanol–water partition coefficient (Wildman–Crippen LogP) is 11.0. The van der Waals surface area contributed by atoms with Crippen LogP contribution in [0.1, 0.15) is 26.3 Å². The molecule has 0 radical (unpaired) electrons. The Morgan fingerprint density at radius 1 is 0.708 bits per heavy atom. The van der Waals surface area contributed by atoms with Crippen molar-refractivity contribution < 1.29 is 4.74 Å². The molecular weight excluding hydrogens is 590 g/mol. The Bertz CT molecular complexity index is 2380. The predicted molar refractivity (Wildman–Crippen MR) is 197 cm³/mol. The zero-order valence-electron chi connectivity index (χ0n) is 27.5. The van der Waals surface area contributed by atoms with E-state index in [4.69, 9.17) is 16.3 Å². The van der Waals surface area contributed by atoms with Crippen LogP contribution in [0.4, 0.5) is 22.7 Å². The van der Waals surface area contributed by atoms with E-state index >= 15 is 0 Å². The van der Waals surface area contributed by atoms with Gasteiger partial charge in [-0.2, -0.15) is 0 Å². The van der Waals surface area contributed by atoms with Crippen molar-refractivity contribution in [3.05, 3.63) is 145 Å². The summed E-state index contributed by atoms with van der Waals surface area (Å²) in [5.74, 6) is 2.18. The topological polar surface area (TPSA) is 37.9 Å². The molecule has 8 rings (SSSR count). The highest BCUT2D eigenvalue weighted by molar-refractivity contribution is 6.09. The van der Waals surface area contributed by atoms with E-state index in [2.05, 4.69) is 138 Å². The number of anilines is 3. The van der Waals surface area contributed by atoms with Crippen LogP contribution in [0.5, 0.6) is 11.5 Å². The Morgan fingerprint density at radius 2 is 1.50 bits per heavy atom. The van der Waals surface area contributed by atoms with Gasteiger partial charge in [-0.25, -0.2) is 9.83 Å². The number of benzene rings is 5. The molecule has 6 nitrogen and oxygen atoms in total. The Hall–Kier alpha value is -6.06. The number of rotatable bonds is 5. The van der Waals surface area contributed by atoms with Crippen LogP contribution in [0, 0.1) is 6.57 Å². The Kier molecular flexibility index (Phi) is 6.92. The molecule has 2 aromatic heterocycles. The lowest BCUT2D eigenvalue weighted by atomic mass is 9.88. The molecule has 0 atom stereocenters. The molecule has 0 N–H and O–H groups in total. The Morgan fingerprint density at radius 3 is 2.31 bits per heavy atom. The fourth-order valence-electron chi connectivity index (χ4n) is 6.70. The molecule has 0 saturated heterocycles. The minimum Gasteiger partial charge on any atom is -0.459 e. The number of pyridine rings is 1. The van der Waals surface area contributed by atoms with Gasteiger partial charge in [0.1, 0.15) is 17.3 Å². The van der Waals surface area contributed by atoms with Crippen LogP contribution in [0.25, 0.3) is 43.6 Å². The van der Waals surface area contributed by atoms with Crippen molar-refractivity contribution in [2.24, 2.45) is 0 Å². The van der Waals surface area contributed by atoms with Crippen LogP contribution in [0.15, 0.2) is 128 Å². The van der Waals surface area contributed by atoms with Crippen molar-refractivity contribution in [2.45, 2.75) is 26.2 Å². The second-order valence-corrected chi connectivity index (χ2v) is 13.4. The average molecular weight is 626 g/mol. The monoisotopic (exact) mass is 625 g/mol. The lowest BCUT2D eigenvalue weighted by molar-refractivity contribution is 0.483. The molecule has 0 saturated carbocycles. The first-order chi connectivity index (χ1) is 23.3. The van der Waals surface area contributed by atoms with Gasteiger partial charge in [-0.1, -0.05) is 75.4 Å². The summed E-state index contributed by atoms with van der Waals surface area (Å²) in [5.41, 5.74) is 9.36. The minimum atomic E-state index is -0.00874. The molecule has 0 fully saturated rings. The van der Waals surface area contributed by atoms with Gasteiger partial charge in [-0.3, -0.25) is 4.57 Å². The summed E-state index contributed by atoms with van der Waals surface area (Å²) in [7, 11) is 2.10. The first-order valence-electron chi connectivity index (χ1n) is 16.2. The number of fused-ring (bicyclic) bond motifs is 4. The Labute approximate surface area is 280 Å². The van der Waals surface area contributed by atoms with Gasteiger partial charge in [-0.15, -0.1) is 0 Å². The first-order valence-corrected chi connectivity index (χ1v) is 16.2. The molecule has 0 aliphatic carbocycles. The zero-order chi connectivity index (χ0) is 33.0. The van der Waals surface area contributed by atoms with Gasteiger partial charge in [0.25, 0.3) is 0 Å². The van der Waals surface area contributed by atoms with E-state index < -0.39 is 0 Å². The summed E-state index contributed by atoms with van der Waals surface area (Å²) in [5, 5.41) is 2.29. The summed E-state index contributed by atoms with van der Waals surface area (Å²) >= 11 is 0. The summed E-state index contributed by atoms with van der Waals surface area (Å²) in [6.45, 7) is 15.2. The lowest BCUT2D eigenvalue weighted by Gasteiger charge is -2.21. The van der Waals surface area contributed by atoms with Gasteiger partial charge in [0, 0.05) is 41.8 Å². The SMILES string of the molecule is [C-]#[N+]c1cc(Oc2ccc3c4ccccc4n(-c4cc(C(C)(C)C)ccn4)c3c2)cc(N2CN(C)c3cc(-c4ccccc4)ccc32)c1. The van der Waals surface area contributed by atoms with Crippen LogP contribution >= 0.6 is 0 Å². The van der Waals surface area contributed by atoms with Gasteiger partial charge in [0.15, 0.2) is 5.69 Å². The minimum absolute atomic E-state index is 0.00874. The van der Waals surface area contributed by atoms with Gasteiger partial charge in [0.2, 0.25) is 0 Å².